The lowest BCUT2D eigenvalue weighted by atomic mass is 9.59. The maximum Gasteiger partial charge on any atom is 0.159 e. The van der Waals surface area contributed by atoms with Crippen LogP contribution in [0.3, 0.4) is 0 Å². The lowest BCUT2D eigenvalue weighted by Crippen LogP contribution is -2.55. The highest BCUT2D eigenvalue weighted by atomic mass is 16.5. The van der Waals surface area contributed by atoms with Crippen molar-refractivity contribution in [3.05, 3.63) is 0 Å². The van der Waals surface area contributed by atoms with E-state index >= 15 is 0 Å². The monoisotopic (exact) mass is 167 g/mol. The second-order valence-corrected chi connectivity index (χ2v) is 4.49. The van der Waals surface area contributed by atoms with E-state index in [1.165, 1.54) is 0 Å². The van der Waals surface area contributed by atoms with E-state index in [4.69, 9.17) is 10.00 Å². The Hall–Kier alpha value is -0.550. The first kappa shape index (κ1) is 9.54. The standard InChI is InChI=1S/C10H17NO/c1-8(2)12-10(7-11)6-5-9(10,3)4/h8H,5-6H2,1-4H3. The molecule has 68 valence electrons. The van der Waals surface area contributed by atoms with Crippen molar-refractivity contribution < 1.29 is 4.74 Å². The molecule has 0 aliphatic heterocycles. The largest absolute Gasteiger partial charge is 0.357 e. The second-order valence-electron chi connectivity index (χ2n) is 4.49. The third kappa shape index (κ3) is 1.23. The molecule has 0 heterocycles. The average molecular weight is 167 g/mol. The molecule has 1 aliphatic rings. The molecule has 12 heavy (non-hydrogen) atoms. The Morgan fingerprint density at radius 2 is 1.92 bits per heavy atom. The Morgan fingerprint density at radius 1 is 1.33 bits per heavy atom. The minimum Gasteiger partial charge on any atom is -0.357 e. The van der Waals surface area contributed by atoms with Crippen LogP contribution >= 0.6 is 0 Å². The molecule has 0 spiro atoms. The van der Waals surface area contributed by atoms with Gasteiger partial charge in [-0.1, -0.05) is 13.8 Å². The van der Waals surface area contributed by atoms with Crippen LogP contribution in [0, 0.1) is 16.7 Å². The summed E-state index contributed by atoms with van der Waals surface area (Å²) in [5.41, 5.74) is -0.479. The van der Waals surface area contributed by atoms with Gasteiger partial charge in [-0.3, -0.25) is 0 Å². The zero-order chi connectivity index (χ0) is 9.41. The fraction of sp³-hybridized carbons (Fsp3) is 0.900. The number of ether oxygens (including phenoxy) is 1. The van der Waals surface area contributed by atoms with E-state index in [9.17, 15) is 0 Å². The Kier molecular flexibility index (Phi) is 2.18. The molecule has 1 unspecified atom stereocenters. The summed E-state index contributed by atoms with van der Waals surface area (Å²) in [4.78, 5) is 0. The van der Waals surface area contributed by atoms with Crippen LogP contribution < -0.4 is 0 Å². The number of nitriles is 1. The minimum absolute atomic E-state index is 0.0337. The number of nitrogens with zero attached hydrogens (tertiary/aromatic N) is 1. The van der Waals surface area contributed by atoms with Gasteiger partial charge in [-0.2, -0.15) is 5.26 Å². The first-order valence-electron chi connectivity index (χ1n) is 4.53. The van der Waals surface area contributed by atoms with Crippen LogP contribution in [0.25, 0.3) is 0 Å². The molecule has 0 bridgehead atoms. The maximum atomic E-state index is 9.05. The van der Waals surface area contributed by atoms with Gasteiger partial charge in [-0.25, -0.2) is 0 Å². The molecule has 0 radical (unpaired) electrons. The molecule has 0 amide bonds. The summed E-state index contributed by atoms with van der Waals surface area (Å²) in [6.07, 6.45) is 2.12. The molecule has 1 aliphatic carbocycles. The summed E-state index contributed by atoms with van der Waals surface area (Å²) in [7, 11) is 0. The van der Waals surface area contributed by atoms with Gasteiger partial charge in [0.1, 0.15) is 0 Å². The molecule has 2 nitrogen and oxygen atoms in total. The molecule has 1 fully saturated rings. The van der Waals surface area contributed by atoms with Crippen molar-refractivity contribution in [1.82, 2.24) is 0 Å². The zero-order valence-electron chi connectivity index (χ0n) is 8.35. The summed E-state index contributed by atoms with van der Waals surface area (Å²) < 4.78 is 5.68. The van der Waals surface area contributed by atoms with Crippen molar-refractivity contribution in [2.24, 2.45) is 5.41 Å². The van der Waals surface area contributed by atoms with Crippen molar-refractivity contribution in [2.45, 2.75) is 52.2 Å². The number of hydrogen-bond donors (Lipinski definition) is 0. The van der Waals surface area contributed by atoms with E-state index in [1.54, 1.807) is 0 Å². The van der Waals surface area contributed by atoms with Crippen LogP contribution in [0.15, 0.2) is 0 Å². The van der Waals surface area contributed by atoms with Crippen molar-refractivity contribution in [3.63, 3.8) is 0 Å². The van der Waals surface area contributed by atoms with Crippen LogP contribution in [-0.2, 0) is 4.74 Å². The number of hydrogen-bond acceptors (Lipinski definition) is 2. The first-order chi connectivity index (χ1) is 5.43. The van der Waals surface area contributed by atoms with Gasteiger partial charge in [-0.05, 0) is 26.7 Å². The van der Waals surface area contributed by atoms with Gasteiger partial charge >= 0.3 is 0 Å². The molecule has 0 saturated heterocycles. The van der Waals surface area contributed by atoms with Gasteiger partial charge in [-0.15, -0.1) is 0 Å². The molecule has 0 aromatic carbocycles. The maximum absolute atomic E-state index is 9.05. The molecular weight excluding hydrogens is 150 g/mol. The van der Waals surface area contributed by atoms with Crippen LogP contribution in [0.4, 0.5) is 0 Å². The summed E-state index contributed by atoms with van der Waals surface area (Å²) in [6.45, 7) is 8.16. The van der Waals surface area contributed by atoms with Gasteiger partial charge in [0.25, 0.3) is 0 Å². The molecule has 1 rings (SSSR count). The molecule has 0 aromatic heterocycles. The van der Waals surface area contributed by atoms with Gasteiger partial charge in [0.15, 0.2) is 5.60 Å². The van der Waals surface area contributed by atoms with E-state index in [-0.39, 0.29) is 11.5 Å². The van der Waals surface area contributed by atoms with Crippen LogP contribution in [-0.4, -0.2) is 11.7 Å². The Bertz CT molecular complexity index is 214. The predicted molar refractivity (Wildman–Crippen MR) is 47.6 cm³/mol. The third-order valence-corrected chi connectivity index (χ3v) is 2.81. The Balaban J connectivity index is 2.73. The van der Waals surface area contributed by atoms with Crippen LogP contribution in [0.5, 0.6) is 0 Å². The second kappa shape index (κ2) is 2.74. The fourth-order valence-corrected chi connectivity index (χ4v) is 1.71. The van der Waals surface area contributed by atoms with E-state index in [1.807, 2.05) is 13.8 Å². The molecule has 1 atom stereocenters. The highest BCUT2D eigenvalue weighted by molar-refractivity contribution is 5.17. The molecule has 2 heteroatoms. The molecular formula is C10H17NO. The van der Waals surface area contributed by atoms with Crippen molar-refractivity contribution in [2.75, 3.05) is 0 Å². The summed E-state index contributed by atoms with van der Waals surface area (Å²) >= 11 is 0. The van der Waals surface area contributed by atoms with E-state index in [2.05, 4.69) is 19.9 Å². The van der Waals surface area contributed by atoms with E-state index in [0.29, 0.717) is 0 Å². The molecule has 0 aromatic rings. The third-order valence-electron chi connectivity index (χ3n) is 2.81. The van der Waals surface area contributed by atoms with E-state index in [0.717, 1.165) is 12.8 Å². The summed E-state index contributed by atoms with van der Waals surface area (Å²) in [6, 6.07) is 2.31. The highest BCUT2D eigenvalue weighted by Crippen LogP contribution is 2.51. The lowest BCUT2D eigenvalue weighted by Gasteiger charge is -2.51. The Morgan fingerprint density at radius 3 is 2.00 bits per heavy atom. The van der Waals surface area contributed by atoms with E-state index < -0.39 is 5.60 Å². The Labute approximate surface area is 74.5 Å². The molecule has 0 N–H and O–H groups in total. The normalized spacial score (nSPS) is 32.7. The summed E-state index contributed by atoms with van der Waals surface area (Å²) in [5, 5.41) is 9.05. The fourth-order valence-electron chi connectivity index (χ4n) is 1.71. The van der Waals surface area contributed by atoms with Crippen LogP contribution in [0.2, 0.25) is 0 Å². The van der Waals surface area contributed by atoms with Crippen molar-refractivity contribution in [1.29, 1.82) is 5.26 Å². The van der Waals surface area contributed by atoms with Gasteiger partial charge in [0, 0.05) is 5.41 Å². The number of rotatable bonds is 2. The quantitative estimate of drug-likeness (QED) is 0.633. The smallest absolute Gasteiger partial charge is 0.159 e. The lowest BCUT2D eigenvalue weighted by molar-refractivity contribution is -0.171. The average Bonchev–Trinajstić information content (AvgIpc) is 1.97. The summed E-state index contributed by atoms with van der Waals surface area (Å²) in [5.74, 6) is 0. The highest BCUT2D eigenvalue weighted by Gasteiger charge is 2.55. The van der Waals surface area contributed by atoms with Crippen molar-refractivity contribution >= 4 is 0 Å². The van der Waals surface area contributed by atoms with Crippen molar-refractivity contribution in [3.8, 4) is 6.07 Å². The van der Waals surface area contributed by atoms with Gasteiger partial charge in [0.05, 0.1) is 12.2 Å². The van der Waals surface area contributed by atoms with Gasteiger partial charge < -0.3 is 4.74 Å². The molecule has 1 saturated carbocycles. The van der Waals surface area contributed by atoms with Crippen LogP contribution in [0.1, 0.15) is 40.5 Å². The minimum atomic E-state index is -0.513. The first-order valence-corrected chi connectivity index (χ1v) is 4.53. The van der Waals surface area contributed by atoms with Gasteiger partial charge in [0.2, 0.25) is 0 Å². The topological polar surface area (TPSA) is 33.0 Å². The zero-order valence-corrected chi connectivity index (χ0v) is 8.35. The predicted octanol–water partition coefficient (Wildman–Crippen LogP) is 2.49. The SMILES string of the molecule is CC(C)OC1(C#N)CCC1(C)C.